The third-order valence-corrected chi connectivity index (χ3v) is 4.27. The molecule has 1 saturated carbocycles. The van der Waals surface area contributed by atoms with Gasteiger partial charge in [0.15, 0.2) is 5.82 Å². The molecule has 0 saturated heterocycles. The lowest BCUT2D eigenvalue weighted by Crippen LogP contribution is -2.33. The van der Waals surface area contributed by atoms with Crippen molar-refractivity contribution in [3.63, 3.8) is 0 Å². The van der Waals surface area contributed by atoms with Crippen LogP contribution in [0.2, 0.25) is 0 Å². The number of hydrogen-bond donors (Lipinski definition) is 3. The molecule has 0 spiro atoms. The van der Waals surface area contributed by atoms with Crippen LogP contribution in [0.15, 0.2) is 12.4 Å². The molecule has 2 aliphatic rings. The van der Waals surface area contributed by atoms with Gasteiger partial charge in [0.2, 0.25) is 5.91 Å². The zero-order valence-electron chi connectivity index (χ0n) is 10.8. The molecule has 0 aromatic carbocycles. The Bertz CT molecular complexity index is 695. The van der Waals surface area contributed by atoms with Crippen molar-refractivity contribution < 1.29 is 10.0 Å². The van der Waals surface area contributed by atoms with Crippen LogP contribution in [0.5, 0.6) is 0 Å². The van der Waals surface area contributed by atoms with Crippen LogP contribution in [0.3, 0.4) is 0 Å². The minimum atomic E-state index is 0.0185. The van der Waals surface area contributed by atoms with Gasteiger partial charge in [-0.1, -0.05) is 0 Å². The van der Waals surface area contributed by atoms with Gasteiger partial charge in [0.05, 0.1) is 18.3 Å². The Morgan fingerprint density at radius 1 is 1.35 bits per heavy atom. The van der Waals surface area contributed by atoms with Crippen LogP contribution in [0.1, 0.15) is 36.7 Å². The molecule has 104 valence electrons. The Morgan fingerprint density at radius 2 is 2.25 bits per heavy atom. The van der Waals surface area contributed by atoms with E-state index in [1.807, 2.05) is 4.40 Å². The second-order valence-corrected chi connectivity index (χ2v) is 5.50. The first kappa shape index (κ1) is 11.7. The van der Waals surface area contributed by atoms with Gasteiger partial charge in [0.25, 0.3) is 0 Å². The van der Waals surface area contributed by atoms with Gasteiger partial charge in [-0.25, -0.2) is 9.97 Å². The first-order valence-corrected chi connectivity index (χ1v) is 6.81. The summed E-state index contributed by atoms with van der Waals surface area (Å²) >= 11 is 0. The third kappa shape index (κ3) is 1.59. The van der Waals surface area contributed by atoms with Crippen LogP contribution in [0.4, 0.5) is 5.82 Å². The topological polar surface area (TPSA) is 91.5 Å². The number of carbonyl (C=O) groups is 1. The lowest BCUT2D eigenvalue weighted by atomic mass is 10.1. The van der Waals surface area contributed by atoms with E-state index in [0.29, 0.717) is 17.3 Å². The quantitative estimate of drug-likeness (QED) is 0.670. The van der Waals surface area contributed by atoms with Crippen molar-refractivity contribution in [1.29, 1.82) is 0 Å². The van der Waals surface area contributed by atoms with Crippen LogP contribution in [0.25, 0.3) is 5.52 Å². The van der Waals surface area contributed by atoms with Crippen LogP contribution in [0, 0.1) is 0 Å². The number of nitrogens with one attached hydrogen (secondary N) is 2. The van der Waals surface area contributed by atoms with Crippen LogP contribution < -0.4 is 10.8 Å². The zero-order valence-corrected chi connectivity index (χ0v) is 10.8. The molecular formula is C13H15N5O2. The molecule has 2 aromatic heterocycles. The molecule has 4 rings (SSSR count). The van der Waals surface area contributed by atoms with Crippen LogP contribution in [-0.4, -0.2) is 31.5 Å². The molecule has 1 aliphatic heterocycles. The molecule has 1 amide bonds. The summed E-state index contributed by atoms with van der Waals surface area (Å²) in [5.41, 5.74) is 3.60. The summed E-state index contributed by atoms with van der Waals surface area (Å²) in [5.74, 6) is 1.69. The van der Waals surface area contributed by atoms with Gasteiger partial charge < -0.3 is 5.32 Å². The summed E-state index contributed by atoms with van der Waals surface area (Å²) < 4.78 is 1.96. The molecule has 1 aliphatic carbocycles. The van der Waals surface area contributed by atoms with Crippen LogP contribution in [-0.2, 0) is 11.2 Å². The largest absolute Gasteiger partial charge is 0.353 e. The molecule has 3 N–H and O–H groups in total. The number of hydrogen-bond acceptors (Lipinski definition) is 5. The maximum absolute atomic E-state index is 12.1. The highest BCUT2D eigenvalue weighted by Crippen LogP contribution is 2.36. The highest BCUT2D eigenvalue weighted by molar-refractivity contribution is 5.79. The summed E-state index contributed by atoms with van der Waals surface area (Å²) in [6, 6.07) is 0.248. The number of aromatic nitrogens is 3. The van der Waals surface area contributed by atoms with Crippen molar-refractivity contribution in [2.24, 2.45) is 0 Å². The average molecular weight is 273 g/mol. The number of amides is 1. The van der Waals surface area contributed by atoms with Crippen molar-refractivity contribution in [1.82, 2.24) is 19.7 Å². The molecule has 7 nitrogen and oxygen atoms in total. The van der Waals surface area contributed by atoms with Gasteiger partial charge in [-0.15, -0.1) is 0 Å². The van der Waals surface area contributed by atoms with Gasteiger partial charge in [-0.05, 0) is 19.3 Å². The minimum Gasteiger partial charge on any atom is -0.353 e. The SMILES string of the molecule is O=C1Cc2cnc(NO)c3cnc(n23)[C@@H]2CCC(C2)N1. The number of carbonyl (C=O) groups excluding carboxylic acids is 1. The maximum Gasteiger partial charge on any atom is 0.226 e. The number of rotatable bonds is 1. The fourth-order valence-corrected chi connectivity index (χ4v) is 3.39. The Morgan fingerprint density at radius 3 is 3.10 bits per heavy atom. The second kappa shape index (κ2) is 4.17. The number of imidazole rings is 1. The first-order valence-electron chi connectivity index (χ1n) is 6.81. The smallest absolute Gasteiger partial charge is 0.226 e. The van der Waals surface area contributed by atoms with Crippen molar-refractivity contribution in [3.05, 3.63) is 23.9 Å². The Hall–Kier alpha value is -2.15. The van der Waals surface area contributed by atoms with E-state index in [1.165, 1.54) is 0 Å². The van der Waals surface area contributed by atoms with Gasteiger partial charge in [0, 0.05) is 18.2 Å². The summed E-state index contributed by atoms with van der Waals surface area (Å²) in [6.07, 6.45) is 6.55. The molecule has 3 heterocycles. The standard InChI is InChI=1S/C13H15N5O2/c19-11-4-9-5-14-12(17-20)10-6-15-13(18(9)10)7-1-2-8(3-7)16-11/h5-8,20H,1-4H2,(H,14,17)(H,16,19)/t7-,8?/m1/s1. The number of anilines is 1. The van der Waals surface area contributed by atoms with E-state index < -0.39 is 0 Å². The Labute approximate surface area is 115 Å². The van der Waals surface area contributed by atoms with Crippen molar-refractivity contribution >= 4 is 17.2 Å². The normalized spacial score (nSPS) is 24.9. The maximum atomic E-state index is 12.1. The van der Waals surface area contributed by atoms with Crippen molar-refractivity contribution in [2.75, 3.05) is 5.48 Å². The molecule has 2 aromatic rings. The van der Waals surface area contributed by atoms with Crippen molar-refractivity contribution in [3.8, 4) is 0 Å². The summed E-state index contributed by atoms with van der Waals surface area (Å²) in [5, 5.41) is 12.2. The number of fused-ring (bicyclic) bond motifs is 3. The number of nitrogens with zero attached hydrogens (tertiary/aromatic N) is 3. The third-order valence-electron chi connectivity index (χ3n) is 4.27. The summed E-state index contributed by atoms with van der Waals surface area (Å²) in [6.45, 7) is 0. The molecule has 2 atom stereocenters. The molecule has 20 heavy (non-hydrogen) atoms. The highest BCUT2D eigenvalue weighted by Gasteiger charge is 2.32. The van der Waals surface area contributed by atoms with Crippen LogP contribution >= 0.6 is 0 Å². The lowest BCUT2D eigenvalue weighted by Gasteiger charge is -2.13. The molecule has 0 radical (unpaired) electrons. The minimum absolute atomic E-state index is 0.0185. The highest BCUT2D eigenvalue weighted by atomic mass is 16.5. The average Bonchev–Trinajstić information content (AvgIpc) is 3.05. The van der Waals surface area contributed by atoms with Crippen molar-refractivity contribution in [2.45, 2.75) is 37.6 Å². The monoisotopic (exact) mass is 273 g/mol. The first-order chi connectivity index (χ1) is 9.76. The Kier molecular flexibility index (Phi) is 2.43. The Balaban J connectivity index is 1.98. The van der Waals surface area contributed by atoms with E-state index in [1.54, 1.807) is 12.4 Å². The van der Waals surface area contributed by atoms with Gasteiger partial charge in [0.1, 0.15) is 11.3 Å². The van der Waals surface area contributed by atoms with Gasteiger partial charge in [-0.3, -0.25) is 19.9 Å². The van der Waals surface area contributed by atoms with E-state index in [-0.39, 0.29) is 18.4 Å². The van der Waals surface area contributed by atoms with E-state index in [4.69, 9.17) is 5.21 Å². The van der Waals surface area contributed by atoms with E-state index in [2.05, 4.69) is 20.8 Å². The molecular weight excluding hydrogens is 258 g/mol. The van der Waals surface area contributed by atoms with Gasteiger partial charge >= 0.3 is 0 Å². The predicted octanol–water partition coefficient (Wildman–Crippen LogP) is 0.839. The lowest BCUT2D eigenvalue weighted by molar-refractivity contribution is -0.121. The van der Waals surface area contributed by atoms with Gasteiger partial charge in [-0.2, -0.15) is 0 Å². The molecule has 7 heteroatoms. The summed E-state index contributed by atoms with van der Waals surface area (Å²) in [7, 11) is 0. The molecule has 1 fully saturated rings. The van der Waals surface area contributed by atoms with E-state index in [0.717, 1.165) is 30.8 Å². The fraction of sp³-hybridized carbons (Fsp3) is 0.462. The fourth-order valence-electron chi connectivity index (χ4n) is 3.39. The predicted molar refractivity (Wildman–Crippen MR) is 70.6 cm³/mol. The zero-order chi connectivity index (χ0) is 13.7. The van der Waals surface area contributed by atoms with E-state index in [9.17, 15) is 4.79 Å². The molecule has 2 bridgehead atoms. The summed E-state index contributed by atoms with van der Waals surface area (Å²) in [4.78, 5) is 20.7. The molecule has 1 unspecified atom stereocenters. The van der Waals surface area contributed by atoms with E-state index >= 15 is 0 Å². The second-order valence-electron chi connectivity index (χ2n) is 5.50.